The third-order valence-corrected chi connectivity index (χ3v) is 4.14. The lowest BCUT2D eigenvalue weighted by atomic mass is 10.2. The van der Waals surface area contributed by atoms with Gasteiger partial charge < -0.3 is 10.0 Å². The highest BCUT2D eigenvalue weighted by Crippen LogP contribution is 2.28. The highest BCUT2D eigenvalue weighted by Gasteiger charge is 2.25. The summed E-state index contributed by atoms with van der Waals surface area (Å²) in [5.41, 5.74) is 0.438. The molecule has 0 aliphatic carbocycles. The molecule has 1 heterocycles. The van der Waals surface area contributed by atoms with E-state index in [4.69, 9.17) is 28.3 Å². The lowest BCUT2D eigenvalue weighted by Gasteiger charge is -2.21. The van der Waals surface area contributed by atoms with Gasteiger partial charge in [0.2, 0.25) is 5.82 Å². The number of aryl methyl sites for hydroxylation is 1. The van der Waals surface area contributed by atoms with E-state index >= 15 is 0 Å². The van der Waals surface area contributed by atoms with Gasteiger partial charge in [0.1, 0.15) is 18.1 Å². The molecule has 2 aromatic rings. The Morgan fingerprint density at radius 1 is 1.27 bits per heavy atom. The molecule has 0 saturated carbocycles. The topological polar surface area (TPSA) is 88.3 Å². The molecule has 2 rings (SSSR count). The van der Waals surface area contributed by atoms with E-state index in [9.17, 15) is 9.59 Å². The molecular weight excluding hydrogens is 379 g/mol. The van der Waals surface area contributed by atoms with Gasteiger partial charge in [-0.2, -0.15) is 0 Å². The summed E-state index contributed by atoms with van der Waals surface area (Å²) in [5, 5.41) is 14.1. The summed E-state index contributed by atoms with van der Waals surface area (Å²) < 4.78 is 1.44. The average molecular weight is 399 g/mol. The van der Waals surface area contributed by atoms with Crippen LogP contribution in [0.25, 0.3) is 5.69 Å². The van der Waals surface area contributed by atoms with E-state index < -0.39 is 18.4 Å². The Morgan fingerprint density at radius 2 is 1.88 bits per heavy atom. The minimum absolute atomic E-state index is 0.0836. The molecule has 0 spiro atoms. The van der Waals surface area contributed by atoms with Crippen LogP contribution in [0.2, 0.25) is 10.0 Å². The number of carboxylic acids is 1. The van der Waals surface area contributed by atoms with Gasteiger partial charge in [0, 0.05) is 13.0 Å². The van der Waals surface area contributed by atoms with Crippen LogP contribution in [0.15, 0.2) is 18.2 Å². The molecule has 0 aliphatic rings. The summed E-state index contributed by atoms with van der Waals surface area (Å²) >= 11 is 12.5. The number of carboxylic acid groups (broad SMARTS) is 1. The van der Waals surface area contributed by atoms with Crippen LogP contribution < -0.4 is 0 Å². The van der Waals surface area contributed by atoms with Crippen molar-refractivity contribution in [2.24, 2.45) is 5.92 Å². The quantitative estimate of drug-likeness (QED) is 0.772. The molecule has 140 valence electrons. The fraction of sp³-hybridized carbons (Fsp3) is 0.412. The third-order valence-electron chi connectivity index (χ3n) is 3.53. The normalized spacial score (nSPS) is 11.0. The Labute approximate surface area is 161 Å². The maximum Gasteiger partial charge on any atom is 0.323 e. The van der Waals surface area contributed by atoms with Crippen LogP contribution in [-0.4, -0.2) is 49.7 Å². The molecule has 1 N–H and O–H groups in total. The Bertz CT molecular complexity index is 800. The van der Waals surface area contributed by atoms with E-state index in [1.165, 1.54) is 9.58 Å². The van der Waals surface area contributed by atoms with Gasteiger partial charge in [0.05, 0.1) is 10.0 Å². The van der Waals surface area contributed by atoms with E-state index in [1.54, 1.807) is 18.2 Å². The first-order chi connectivity index (χ1) is 12.2. The Kier molecular flexibility index (Phi) is 6.61. The molecule has 1 aromatic carbocycles. The maximum atomic E-state index is 12.8. The average Bonchev–Trinajstić information content (AvgIpc) is 2.96. The van der Waals surface area contributed by atoms with E-state index in [0.29, 0.717) is 28.0 Å². The molecule has 26 heavy (non-hydrogen) atoms. The minimum atomic E-state index is -1.09. The van der Waals surface area contributed by atoms with E-state index in [1.807, 2.05) is 20.8 Å². The van der Waals surface area contributed by atoms with Crippen LogP contribution in [0.5, 0.6) is 0 Å². The number of nitrogens with zero attached hydrogens (tertiary/aromatic N) is 4. The number of carbonyl (C=O) groups excluding carboxylic acids is 1. The van der Waals surface area contributed by atoms with Gasteiger partial charge >= 0.3 is 5.97 Å². The number of aliphatic carboxylic acids is 1. The van der Waals surface area contributed by atoms with Crippen LogP contribution in [0, 0.1) is 5.92 Å². The number of para-hydroxylation sites is 1. The summed E-state index contributed by atoms with van der Waals surface area (Å²) in [6, 6.07) is 5.04. The van der Waals surface area contributed by atoms with Crippen LogP contribution in [0.1, 0.15) is 37.2 Å². The summed E-state index contributed by atoms with van der Waals surface area (Å²) in [6.45, 7) is 5.53. The standard InChI is InChI=1S/C17H20Cl2N4O3/c1-4-13-20-16(17(26)22(8-10(2)3)9-14(24)25)21-23(13)15-11(18)6-5-7-12(15)19/h5-7,10H,4,8-9H2,1-3H3,(H,24,25). The number of rotatable bonds is 7. The summed E-state index contributed by atoms with van der Waals surface area (Å²) in [5.74, 6) is -1.12. The van der Waals surface area contributed by atoms with Crippen LogP contribution in [0.3, 0.4) is 0 Å². The molecule has 9 heteroatoms. The van der Waals surface area contributed by atoms with Crippen molar-refractivity contribution in [3.8, 4) is 5.69 Å². The molecule has 1 amide bonds. The summed E-state index contributed by atoms with van der Waals surface area (Å²) in [6.07, 6.45) is 0.491. The van der Waals surface area contributed by atoms with E-state index in [2.05, 4.69) is 10.1 Å². The monoisotopic (exact) mass is 398 g/mol. The molecule has 1 aromatic heterocycles. The lowest BCUT2D eigenvalue weighted by Crippen LogP contribution is -2.38. The fourth-order valence-electron chi connectivity index (χ4n) is 2.50. The van der Waals surface area contributed by atoms with Crippen molar-refractivity contribution >= 4 is 35.1 Å². The van der Waals surface area contributed by atoms with Crippen molar-refractivity contribution in [2.45, 2.75) is 27.2 Å². The maximum absolute atomic E-state index is 12.8. The molecule has 7 nitrogen and oxygen atoms in total. The predicted molar refractivity (Wildman–Crippen MR) is 99.1 cm³/mol. The Morgan fingerprint density at radius 3 is 2.38 bits per heavy atom. The molecule has 0 unspecified atom stereocenters. The van der Waals surface area contributed by atoms with Crippen molar-refractivity contribution in [1.82, 2.24) is 19.7 Å². The second-order valence-electron chi connectivity index (χ2n) is 6.16. The second-order valence-corrected chi connectivity index (χ2v) is 6.97. The van der Waals surface area contributed by atoms with Crippen LogP contribution in [0.4, 0.5) is 0 Å². The van der Waals surface area contributed by atoms with Crippen molar-refractivity contribution in [3.63, 3.8) is 0 Å². The van der Waals surface area contributed by atoms with Crippen molar-refractivity contribution in [3.05, 3.63) is 39.9 Å². The SMILES string of the molecule is CCc1nc(C(=O)N(CC(=O)O)CC(C)C)nn1-c1c(Cl)cccc1Cl. The molecule has 0 radical (unpaired) electrons. The van der Waals surface area contributed by atoms with Gasteiger partial charge in [-0.3, -0.25) is 9.59 Å². The van der Waals surface area contributed by atoms with Crippen molar-refractivity contribution in [2.75, 3.05) is 13.1 Å². The molecule has 0 fully saturated rings. The van der Waals surface area contributed by atoms with Crippen molar-refractivity contribution < 1.29 is 14.7 Å². The van der Waals surface area contributed by atoms with E-state index in [-0.39, 0.29) is 18.3 Å². The highest BCUT2D eigenvalue weighted by atomic mass is 35.5. The Balaban J connectivity index is 2.46. The molecule has 0 aliphatic heterocycles. The zero-order valence-electron chi connectivity index (χ0n) is 14.7. The summed E-state index contributed by atoms with van der Waals surface area (Å²) in [4.78, 5) is 29.3. The van der Waals surface area contributed by atoms with E-state index in [0.717, 1.165) is 0 Å². The van der Waals surface area contributed by atoms with Gasteiger partial charge in [0.25, 0.3) is 5.91 Å². The first-order valence-electron chi connectivity index (χ1n) is 8.16. The summed E-state index contributed by atoms with van der Waals surface area (Å²) in [7, 11) is 0. The van der Waals surface area contributed by atoms with Crippen LogP contribution in [-0.2, 0) is 11.2 Å². The second kappa shape index (κ2) is 8.51. The highest BCUT2D eigenvalue weighted by molar-refractivity contribution is 6.37. The number of benzene rings is 1. The fourth-order valence-corrected chi connectivity index (χ4v) is 3.06. The van der Waals surface area contributed by atoms with Gasteiger partial charge in [-0.1, -0.05) is 50.0 Å². The number of aromatic nitrogens is 3. The van der Waals surface area contributed by atoms with Gasteiger partial charge in [-0.15, -0.1) is 5.10 Å². The minimum Gasteiger partial charge on any atom is -0.480 e. The molecule has 0 atom stereocenters. The van der Waals surface area contributed by atoms with Gasteiger partial charge in [-0.25, -0.2) is 9.67 Å². The number of halogens is 2. The first-order valence-corrected chi connectivity index (χ1v) is 8.91. The molecule has 0 saturated heterocycles. The van der Waals surface area contributed by atoms with Gasteiger partial charge in [-0.05, 0) is 18.1 Å². The number of amides is 1. The number of hydrogen-bond donors (Lipinski definition) is 1. The first kappa shape index (κ1) is 20.2. The number of carbonyl (C=O) groups is 2. The van der Waals surface area contributed by atoms with Crippen molar-refractivity contribution in [1.29, 1.82) is 0 Å². The zero-order valence-corrected chi connectivity index (χ0v) is 16.3. The number of hydrogen-bond acceptors (Lipinski definition) is 4. The zero-order chi connectivity index (χ0) is 19.4. The van der Waals surface area contributed by atoms with Crippen LogP contribution >= 0.6 is 23.2 Å². The predicted octanol–water partition coefficient (Wildman–Crippen LogP) is 3.32. The lowest BCUT2D eigenvalue weighted by molar-refractivity contribution is -0.137. The molecular formula is C17H20Cl2N4O3. The smallest absolute Gasteiger partial charge is 0.323 e. The third kappa shape index (κ3) is 4.53. The largest absolute Gasteiger partial charge is 0.480 e. The Hall–Kier alpha value is -2.12. The van der Waals surface area contributed by atoms with Gasteiger partial charge in [0.15, 0.2) is 0 Å². The molecule has 0 bridgehead atoms.